The van der Waals surface area contributed by atoms with Crippen molar-refractivity contribution in [1.29, 1.82) is 0 Å². The third-order valence-electron chi connectivity index (χ3n) is 2.92. The molecule has 0 radical (unpaired) electrons. The van der Waals surface area contributed by atoms with Crippen LogP contribution in [0.1, 0.15) is 12.8 Å². The molecule has 0 saturated carbocycles. The van der Waals surface area contributed by atoms with E-state index >= 15 is 0 Å². The molecule has 0 unspecified atom stereocenters. The molecule has 0 amide bonds. The van der Waals surface area contributed by atoms with E-state index in [9.17, 15) is 0 Å². The Hall–Kier alpha value is 1.58. The second-order valence-electron chi connectivity index (χ2n) is 4.94. The maximum absolute atomic E-state index is 8.88. The Morgan fingerprint density at radius 1 is 0.810 bits per heavy atom. The Labute approximate surface area is 149 Å². The Bertz CT molecular complexity index is 256. The summed E-state index contributed by atoms with van der Waals surface area (Å²) < 4.78 is 0. The molecule has 21 heavy (non-hydrogen) atoms. The molecule has 0 atom stereocenters. The van der Waals surface area contributed by atoms with Gasteiger partial charge in [0, 0.05) is 12.1 Å². The molecule has 132 valence electrons. The van der Waals surface area contributed by atoms with E-state index in [1.54, 1.807) is 0 Å². The summed E-state index contributed by atoms with van der Waals surface area (Å²) in [6.45, 7) is 4.83. The van der Waals surface area contributed by atoms with Crippen molar-refractivity contribution in [3.8, 4) is 0 Å². The summed E-state index contributed by atoms with van der Waals surface area (Å²) in [5.41, 5.74) is 0. The molecular weight excluding hydrogens is 523 g/mol. The summed E-state index contributed by atoms with van der Waals surface area (Å²) in [5.74, 6) is 0. The Morgan fingerprint density at radius 3 is 1.43 bits per heavy atom. The number of hydrogen-bond donors (Lipinski definition) is 6. The van der Waals surface area contributed by atoms with Gasteiger partial charge in [0.2, 0.25) is 0 Å². The van der Waals surface area contributed by atoms with Gasteiger partial charge in [0.25, 0.3) is 0 Å². The molecule has 0 spiro atoms. The van der Waals surface area contributed by atoms with Crippen LogP contribution in [0.25, 0.3) is 0 Å². The van der Waals surface area contributed by atoms with Crippen molar-refractivity contribution in [2.45, 2.75) is 24.9 Å². The summed E-state index contributed by atoms with van der Waals surface area (Å²) in [7, 11) is -7.84. The van der Waals surface area contributed by atoms with Gasteiger partial charge >= 0.3 is 53.9 Å². The van der Waals surface area contributed by atoms with Gasteiger partial charge in [-0.1, -0.05) is 0 Å². The van der Waals surface area contributed by atoms with Gasteiger partial charge in [-0.3, -0.25) is 0 Å². The second kappa shape index (κ2) is 11.2. The number of rotatable bonds is 8. The van der Waals surface area contributed by atoms with E-state index in [2.05, 4.69) is 17.3 Å². The van der Waals surface area contributed by atoms with Crippen molar-refractivity contribution in [3.05, 3.63) is 6.67 Å². The van der Waals surface area contributed by atoms with Gasteiger partial charge in [-0.25, -0.2) is 6.67 Å². The van der Waals surface area contributed by atoms with Gasteiger partial charge < -0.3 is 38.6 Å². The van der Waals surface area contributed by atoms with E-state index in [4.69, 9.17) is 28.8 Å². The Balaban J connectivity index is 0.00000191. The first-order valence-corrected chi connectivity index (χ1v) is 15.0. The van der Waals surface area contributed by atoms with E-state index in [1.165, 1.54) is 0 Å². The molecule has 1 fully saturated rings. The molecule has 1 aliphatic rings. The predicted molar refractivity (Wildman–Crippen MR) is 85.1 cm³/mol. The minimum absolute atomic E-state index is 0.0327. The van der Waals surface area contributed by atoms with Crippen LogP contribution in [0.3, 0.4) is 0 Å². The molecule has 0 aromatic rings. The third-order valence-corrected chi connectivity index (χ3v) is 4.96. The molecular formula is C9H23AgIN2O6Si2-. The van der Waals surface area contributed by atoms with Gasteiger partial charge in [-0.05, 0) is 39.0 Å². The van der Waals surface area contributed by atoms with Crippen molar-refractivity contribution >= 4 is 36.6 Å². The summed E-state index contributed by atoms with van der Waals surface area (Å²) in [4.78, 5) is 57.3. The van der Waals surface area contributed by atoms with Gasteiger partial charge in [0.15, 0.2) is 0 Å². The molecule has 0 aliphatic carbocycles. The SMILES string of the molecule is O[Si](O)(O)CCCN1[CH-]N(CCC[Si](O)(O)O)CC1.[Ag][I]. The van der Waals surface area contributed by atoms with Gasteiger partial charge in [-0.15, -0.1) is 0 Å². The van der Waals surface area contributed by atoms with Gasteiger partial charge in [0.1, 0.15) is 0 Å². The Morgan fingerprint density at radius 2 is 1.14 bits per heavy atom. The van der Waals surface area contributed by atoms with E-state index in [1.807, 2.05) is 35.5 Å². The maximum atomic E-state index is 8.88. The fourth-order valence-corrected chi connectivity index (χ4v) is 3.25. The van der Waals surface area contributed by atoms with E-state index < -0.39 is 17.6 Å². The zero-order valence-corrected chi connectivity index (χ0v) is 17.1. The molecule has 8 nitrogen and oxygen atoms in total. The third kappa shape index (κ3) is 13.7. The van der Waals surface area contributed by atoms with Crippen molar-refractivity contribution < 1.29 is 46.0 Å². The van der Waals surface area contributed by atoms with Crippen LogP contribution in [0.2, 0.25) is 12.1 Å². The molecule has 6 N–H and O–H groups in total. The first-order valence-electron chi connectivity index (χ1n) is 6.44. The zero-order chi connectivity index (χ0) is 16.5. The second-order valence-corrected chi connectivity index (χ2v) is 9.04. The molecule has 12 heteroatoms. The number of nitrogens with zero attached hydrogens (tertiary/aromatic N) is 2. The summed E-state index contributed by atoms with van der Waals surface area (Å²) >= 11 is 4.88. The zero-order valence-electron chi connectivity index (χ0n) is 11.5. The van der Waals surface area contributed by atoms with Crippen LogP contribution in [0.4, 0.5) is 0 Å². The Kier molecular flexibility index (Phi) is 12.0. The van der Waals surface area contributed by atoms with E-state index in [-0.39, 0.29) is 12.1 Å². The van der Waals surface area contributed by atoms with Crippen LogP contribution < -0.4 is 0 Å². The average molecular weight is 546 g/mol. The molecule has 0 bridgehead atoms. The van der Waals surface area contributed by atoms with Gasteiger partial charge in [0.05, 0.1) is 0 Å². The fraction of sp³-hybridized carbons (Fsp3) is 0.889. The summed E-state index contributed by atoms with van der Waals surface area (Å²) in [6, 6.07) is 0.0655. The molecule has 1 rings (SSSR count). The van der Waals surface area contributed by atoms with Crippen LogP contribution in [0, 0.1) is 6.67 Å². The van der Waals surface area contributed by atoms with Crippen molar-refractivity contribution in [3.63, 3.8) is 0 Å². The predicted octanol–water partition coefficient (Wildman–Crippen LogP) is -1.78. The average Bonchev–Trinajstić information content (AvgIpc) is 2.76. The first kappa shape index (κ1) is 22.6. The quantitative estimate of drug-likeness (QED) is 0.120. The van der Waals surface area contributed by atoms with Crippen LogP contribution in [0.5, 0.6) is 0 Å². The van der Waals surface area contributed by atoms with E-state index in [0.717, 1.165) is 13.1 Å². The van der Waals surface area contributed by atoms with Crippen LogP contribution in [-0.4, -0.2) is 82.4 Å². The normalized spacial score (nSPS) is 17.8. The standard InChI is InChI=1S/C9H23N2O6Si2.Ag.HI/c12-18(13,14)7-1-3-10-5-6-11(9-10)4-2-8-19(15,16)17;;/h9,12-17H,1-8H2;;1H/q-1;+1;/p-1. The molecule has 1 heterocycles. The summed E-state index contributed by atoms with van der Waals surface area (Å²) in [5, 5.41) is 0. The molecule has 0 aromatic heterocycles. The minimum atomic E-state index is -3.92. The van der Waals surface area contributed by atoms with Crippen molar-refractivity contribution in [2.24, 2.45) is 0 Å². The fourth-order valence-electron chi connectivity index (χ4n) is 1.98. The van der Waals surface area contributed by atoms with Crippen LogP contribution >= 0.6 is 19.0 Å². The van der Waals surface area contributed by atoms with Crippen LogP contribution in [0.15, 0.2) is 0 Å². The van der Waals surface area contributed by atoms with Crippen LogP contribution in [-0.2, 0) is 17.3 Å². The van der Waals surface area contributed by atoms with Crippen molar-refractivity contribution in [1.82, 2.24) is 9.80 Å². The summed E-state index contributed by atoms with van der Waals surface area (Å²) in [6.07, 6.45) is 1.03. The molecule has 1 aliphatic heterocycles. The number of hydrogen-bond acceptors (Lipinski definition) is 8. The van der Waals surface area contributed by atoms with Crippen molar-refractivity contribution in [2.75, 3.05) is 26.2 Å². The van der Waals surface area contributed by atoms with Gasteiger partial charge in [-0.2, -0.15) is 0 Å². The topological polar surface area (TPSA) is 128 Å². The molecule has 0 aromatic carbocycles. The monoisotopic (exact) mass is 545 g/mol. The van der Waals surface area contributed by atoms with E-state index in [0.29, 0.717) is 25.9 Å². The number of halogens is 1. The molecule has 1 saturated heterocycles. The first-order chi connectivity index (χ1) is 9.66.